The molecule has 2 atom stereocenters. The van der Waals surface area contributed by atoms with Crippen molar-refractivity contribution in [3.63, 3.8) is 0 Å². The molecular formula is C15H24N2O2. The summed E-state index contributed by atoms with van der Waals surface area (Å²) >= 11 is 0. The number of hydrogen-bond donors (Lipinski definition) is 0. The summed E-state index contributed by atoms with van der Waals surface area (Å²) in [5.41, 5.74) is 1.72. The molecule has 0 unspecified atom stereocenters. The van der Waals surface area contributed by atoms with Crippen LogP contribution >= 0.6 is 0 Å². The molecule has 4 nitrogen and oxygen atoms in total. The minimum Gasteiger partial charge on any atom is -0.472 e. The second-order valence-corrected chi connectivity index (χ2v) is 6.30. The van der Waals surface area contributed by atoms with Gasteiger partial charge in [0.25, 0.3) is 0 Å². The fourth-order valence-corrected chi connectivity index (χ4v) is 3.95. The Morgan fingerprint density at radius 2 is 2.37 bits per heavy atom. The molecule has 0 aliphatic carbocycles. The zero-order valence-electron chi connectivity index (χ0n) is 12.0. The van der Waals surface area contributed by atoms with E-state index in [1.54, 1.807) is 6.26 Å². The minimum atomic E-state index is 0.439. The largest absolute Gasteiger partial charge is 0.472 e. The molecule has 3 heterocycles. The minimum absolute atomic E-state index is 0.439. The molecule has 0 saturated carbocycles. The Kier molecular flexibility index (Phi) is 3.65. The fraction of sp³-hybridized carbons (Fsp3) is 0.733. The Hall–Kier alpha value is -0.840. The van der Waals surface area contributed by atoms with Crippen molar-refractivity contribution in [2.24, 2.45) is 11.3 Å². The topological polar surface area (TPSA) is 28.9 Å². The van der Waals surface area contributed by atoms with Crippen molar-refractivity contribution in [2.75, 3.05) is 46.9 Å². The Morgan fingerprint density at radius 1 is 1.47 bits per heavy atom. The number of ether oxygens (including phenoxy) is 1. The highest BCUT2D eigenvalue weighted by Gasteiger charge is 2.49. The molecule has 0 radical (unpaired) electrons. The van der Waals surface area contributed by atoms with Crippen LogP contribution in [-0.2, 0) is 11.3 Å². The zero-order valence-corrected chi connectivity index (χ0v) is 12.0. The highest BCUT2D eigenvalue weighted by molar-refractivity contribution is 5.08. The number of likely N-dealkylation sites (tertiary alicyclic amines) is 2. The predicted octanol–water partition coefficient (Wildman–Crippen LogP) is 1.68. The van der Waals surface area contributed by atoms with E-state index in [9.17, 15) is 0 Å². The van der Waals surface area contributed by atoms with Crippen LogP contribution in [0.15, 0.2) is 23.0 Å². The predicted molar refractivity (Wildman–Crippen MR) is 73.9 cm³/mol. The Labute approximate surface area is 115 Å². The van der Waals surface area contributed by atoms with Crippen LogP contribution in [0.3, 0.4) is 0 Å². The molecule has 2 aliphatic rings. The van der Waals surface area contributed by atoms with Gasteiger partial charge in [0.15, 0.2) is 0 Å². The maximum atomic E-state index is 5.44. The van der Waals surface area contributed by atoms with Gasteiger partial charge in [0.1, 0.15) is 0 Å². The Balaban J connectivity index is 1.66. The number of rotatable bonds is 4. The van der Waals surface area contributed by atoms with Crippen LogP contribution < -0.4 is 0 Å². The third kappa shape index (κ3) is 2.57. The van der Waals surface area contributed by atoms with E-state index >= 15 is 0 Å². The van der Waals surface area contributed by atoms with E-state index in [2.05, 4.69) is 22.9 Å². The van der Waals surface area contributed by atoms with Crippen LogP contribution in [0.4, 0.5) is 0 Å². The van der Waals surface area contributed by atoms with Crippen molar-refractivity contribution in [1.29, 1.82) is 0 Å². The molecule has 19 heavy (non-hydrogen) atoms. The highest BCUT2D eigenvalue weighted by atomic mass is 16.5. The summed E-state index contributed by atoms with van der Waals surface area (Å²) in [6, 6.07) is 2.07. The molecule has 3 rings (SSSR count). The van der Waals surface area contributed by atoms with E-state index in [4.69, 9.17) is 9.15 Å². The molecule has 0 amide bonds. The maximum Gasteiger partial charge on any atom is 0.0947 e. The second-order valence-electron chi connectivity index (χ2n) is 6.30. The normalized spacial score (nSPS) is 32.6. The lowest BCUT2D eigenvalue weighted by atomic mass is 9.78. The highest BCUT2D eigenvalue weighted by Crippen LogP contribution is 2.43. The number of hydrogen-bond acceptors (Lipinski definition) is 4. The van der Waals surface area contributed by atoms with Crippen molar-refractivity contribution >= 4 is 0 Å². The monoisotopic (exact) mass is 264 g/mol. The summed E-state index contributed by atoms with van der Waals surface area (Å²) in [5.74, 6) is 0.678. The van der Waals surface area contributed by atoms with Crippen LogP contribution in [0.5, 0.6) is 0 Å². The molecule has 1 aromatic heterocycles. The van der Waals surface area contributed by atoms with Gasteiger partial charge in [0, 0.05) is 50.2 Å². The molecule has 1 aromatic rings. The van der Waals surface area contributed by atoms with Gasteiger partial charge in [0.2, 0.25) is 0 Å². The van der Waals surface area contributed by atoms with Crippen molar-refractivity contribution < 1.29 is 9.15 Å². The Morgan fingerprint density at radius 3 is 3.11 bits per heavy atom. The first-order valence-corrected chi connectivity index (χ1v) is 7.13. The molecule has 0 aromatic carbocycles. The first-order chi connectivity index (χ1) is 9.22. The summed E-state index contributed by atoms with van der Waals surface area (Å²) in [6.07, 6.45) is 4.92. The van der Waals surface area contributed by atoms with Crippen molar-refractivity contribution in [1.82, 2.24) is 9.80 Å². The first-order valence-electron chi connectivity index (χ1n) is 7.13. The summed E-state index contributed by atoms with van der Waals surface area (Å²) in [4.78, 5) is 5.03. The van der Waals surface area contributed by atoms with Crippen LogP contribution in [0, 0.1) is 11.3 Å². The molecule has 0 N–H and O–H groups in total. The maximum absolute atomic E-state index is 5.44. The van der Waals surface area contributed by atoms with Crippen LogP contribution in [0.2, 0.25) is 0 Å². The summed E-state index contributed by atoms with van der Waals surface area (Å²) in [7, 11) is 4.06. The van der Waals surface area contributed by atoms with Crippen molar-refractivity contribution in [2.45, 2.75) is 13.0 Å². The van der Waals surface area contributed by atoms with E-state index < -0.39 is 0 Å². The summed E-state index contributed by atoms with van der Waals surface area (Å²) < 4.78 is 10.6. The number of nitrogens with zero attached hydrogens (tertiary/aromatic N) is 2. The van der Waals surface area contributed by atoms with Crippen LogP contribution in [0.25, 0.3) is 0 Å². The number of methoxy groups -OCH3 is 1. The molecular weight excluding hydrogens is 240 g/mol. The zero-order chi connectivity index (χ0) is 13.3. The van der Waals surface area contributed by atoms with Gasteiger partial charge >= 0.3 is 0 Å². The third-order valence-electron chi connectivity index (χ3n) is 4.80. The van der Waals surface area contributed by atoms with Gasteiger partial charge in [0.05, 0.1) is 19.1 Å². The smallest absolute Gasteiger partial charge is 0.0947 e. The van der Waals surface area contributed by atoms with Gasteiger partial charge in [-0.1, -0.05) is 0 Å². The molecule has 0 bridgehead atoms. The van der Waals surface area contributed by atoms with Crippen molar-refractivity contribution in [3.8, 4) is 0 Å². The van der Waals surface area contributed by atoms with Gasteiger partial charge in [-0.05, 0) is 26.1 Å². The second kappa shape index (κ2) is 5.27. The van der Waals surface area contributed by atoms with Crippen LogP contribution in [0.1, 0.15) is 12.0 Å². The molecule has 2 saturated heterocycles. The SMILES string of the molecule is COC[C@@H]1CN(C)C[C@]12CCN(Cc1ccoc1)C2. The average molecular weight is 264 g/mol. The van der Waals surface area contributed by atoms with Crippen molar-refractivity contribution in [3.05, 3.63) is 24.2 Å². The lowest BCUT2D eigenvalue weighted by molar-refractivity contribution is 0.0958. The van der Waals surface area contributed by atoms with Gasteiger partial charge in [-0.3, -0.25) is 4.90 Å². The lowest BCUT2D eigenvalue weighted by Gasteiger charge is -2.30. The fourth-order valence-electron chi connectivity index (χ4n) is 3.95. The van der Waals surface area contributed by atoms with Gasteiger partial charge in [-0.25, -0.2) is 0 Å². The van der Waals surface area contributed by atoms with E-state index in [1.165, 1.54) is 38.2 Å². The first kappa shape index (κ1) is 13.2. The molecule has 2 aliphatic heterocycles. The molecule has 4 heteroatoms. The average Bonchev–Trinajstić information content (AvgIpc) is 3.05. The van der Waals surface area contributed by atoms with E-state index in [0.29, 0.717) is 11.3 Å². The quantitative estimate of drug-likeness (QED) is 0.827. The van der Waals surface area contributed by atoms with Gasteiger partial charge in [-0.2, -0.15) is 0 Å². The van der Waals surface area contributed by atoms with Crippen LogP contribution in [-0.4, -0.2) is 56.7 Å². The van der Waals surface area contributed by atoms with E-state index in [-0.39, 0.29) is 0 Å². The summed E-state index contributed by atoms with van der Waals surface area (Å²) in [5, 5.41) is 0. The third-order valence-corrected chi connectivity index (χ3v) is 4.80. The Bertz CT molecular complexity index is 406. The van der Waals surface area contributed by atoms with E-state index in [1.807, 2.05) is 13.4 Å². The van der Waals surface area contributed by atoms with E-state index in [0.717, 1.165) is 13.2 Å². The standard InChI is InChI=1S/C15H24N2O2/c1-16-8-14(10-18-2)15(11-16)4-5-17(12-15)7-13-3-6-19-9-13/h3,6,9,14H,4-5,7-8,10-12H2,1-2H3/t14-,15-/m0/s1. The lowest BCUT2D eigenvalue weighted by Crippen LogP contribution is -2.35. The summed E-state index contributed by atoms with van der Waals surface area (Å²) in [6.45, 7) is 6.68. The molecule has 2 fully saturated rings. The van der Waals surface area contributed by atoms with Gasteiger partial charge < -0.3 is 14.1 Å². The molecule has 1 spiro atoms. The van der Waals surface area contributed by atoms with Gasteiger partial charge in [-0.15, -0.1) is 0 Å². The molecule has 106 valence electrons. The number of furan rings is 1.